The Morgan fingerprint density at radius 2 is 2.44 bits per heavy atom. The van der Waals surface area contributed by atoms with Crippen LogP contribution in [-0.4, -0.2) is 11.4 Å². The maximum atomic E-state index is 5.52. The first-order chi connectivity index (χ1) is 4.24. The van der Waals surface area contributed by atoms with Crippen molar-refractivity contribution in [3.63, 3.8) is 0 Å². The number of hydrogen-bond donors (Lipinski definition) is 1. The molecule has 0 radical (unpaired) electrons. The molecule has 1 aromatic heterocycles. The van der Waals surface area contributed by atoms with Crippen LogP contribution in [-0.2, 0) is 7.05 Å². The number of hydrogen-bond acceptors (Lipinski definition) is 4. The van der Waals surface area contributed by atoms with Crippen molar-refractivity contribution in [3.05, 3.63) is 0 Å². The summed E-state index contributed by atoms with van der Waals surface area (Å²) in [7, 11) is 1.84. The molecule has 5 heteroatoms. The van der Waals surface area contributed by atoms with Gasteiger partial charge in [-0.2, -0.15) is 0 Å². The summed E-state index contributed by atoms with van der Waals surface area (Å²) in [6, 6.07) is 0. The number of aromatic nitrogens is 2. The zero-order chi connectivity index (χ0) is 6.85. The van der Waals surface area contributed by atoms with Crippen LogP contribution in [0.25, 0.3) is 0 Å². The van der Waals surface area contributed by atoms with Crippen LogP contribution < -0.4 is 10.4 Å². The number of nitrogens with two attached hydrogens (primary N) is 1. The standard InChI is InChI=1S/C4H7N3S2/c1-7-3(5)9-4(6-7)8-2/h5H,1-2H3/p+1. The fourth-order valence-electron chi connectivity index (χ4n) is 0.430. The average molecular weight is 162 g/mol. The van der Waals surface area contributed by atoms with Gasteiger partial charge in [0.25, 0.3) is 0 Å². The SMILES string of the molecule is CSc1n[n+](C)c(N)s1. The van der Waals surface area contributed by atoms with Gasteiger partial charge in [-0.15, -0.1) is 4.68 Å². The van der Waals surface area contributed by atoms with Gasteiger partial charge in [0.2, 0.25) is 0 Å². The predicted octanol–water partition coefficient (Wildman–Crippen LogP) is 0.272. The summed E-state index contributed by atoms with van der Waals surface area (Å²) in [6.07, 6.45) is 1.98. The summed E-state index contributed by atoms with van der Waals surface area (Å²) in [5.41, 5.74) is 5.52. The molecule has 0 saturated carbocycles. The van der Waals surface area contributed by atoms with E-state index in [0.29, 0.717) is 0 Å². The highest BCUT2D eigenvalue weighted by molar-refractivity contribution is 8.00. The Labute approximate surface area is 61.9 Å². The van der Waals surface area contributed by atoms with Gasteiger partial charge in [-0.1, -0.05) is 16.9 Å². The van der Waals surface area contributed by atoms with Crippen molar-refractivity contribution in [2.75, 3.05) is 12.0 Å². The van der Waals surface area contributed by atoms with E-state index in [-0.39, 0.29) is 0 Å². The van der Waals surface area contributed by atoms with E-state index in [0.717, 1.165) is 9.47 Å². The smallest absolute Gasteiger partial charge is 0.276 e. The lowest BCUT2D eigenvalue weighted by atomic mass is 11.2. The second-order valence-corrected chi connectivity index (χ2v) is 3.60. The lowest BCUT2D eigenvalue weighted by Gasteiger charge is -1.76. The zero-order valence-electron chi connectivity index (χ0n) is 5.29. The summed E-state index contributed by atoms with van der Waals surface area (Å²) in [4.78, 5) is 0. The van der Waals surface area contributed by atoms with Crippen molar-refractivity contribution in [1.29, 1.82) is 0 Å². The Bertz CT molecular complexity index is 188. The van der Waals surface area contributed by atoms with E-state index in [1.807, 2.05) is 13.3 Å². The summed E-state index contributed by atoms with van der Waals surface area (Å²) in [5, 5.41) is 4.85. The van der Waals surface area contributed by atoms with Gasteiger partial charge in [0.15, 0.2) is 4.34 Å². The minimum atomic E-state index is 0.749. The molecule has 0 unspecified atom stereocenters. The molecule has 0 aliphatic rings. The lowest BCUT2D eigenvalue weighted by molar-refractivity contribution is -0.714. The van der Waals surface area contributed by atoms with Crippen molar-refractivity contribution < 1.29 is 4.68 Å². The Hall–Kier alpha value is -0.290. The van der Waals surface area contributed by atoms with E-state index in [2.05, 4.69) is 5.10 Å². The normalized spacial score (nSPS) is 10.0. The van der Waals surface area contributed by atoms with Crippen molar-refractivity contribution in [2.24, 2.45) is 7.05 Å². The highest BCUT2D eigenvalue weighted by Crippen LogP contribution is 2.18. The summed E-state index contributed by atoms with van der Waals surface area (Å²) in [5.74, 6) is 0. The van der Waals surface area contributed by atoms with Crippen LogP contribution >= 0.6 is 23.1 Å². The summed E-state index contributed by atoms with van der Waals surface area (Å²) >= 11 is 3.12. The first kappa shape index (κ1) is 6.82. The van der Waals surface area contributed by atoms with E-state index < -0.39 is 0 Å². The fourth-order valence-corrected chi connectivity index (χ4v) is 1.74. The molecule has 9 heavy (non-hydrogen) atoms. The van der Waals surface area contributed by atoms with Gasteiger partial charge >= 0.3 is 5.13 Å². The van der Waals surface area contributed by atoms with Crippen LogP contribution in [0.5, 0.6) is 0 Å². The van der Waals surface area contributed by atoms with Crippen molar-refractivity contribution >= 4 is 28.2 Å². The quantitative estimate of drug-likeness (QED) is 0.476. The van der Waals surface area contributed by atoms with Crippen molar-refractivity contribution in [1.82, 2.24) is 5.10 Å². The average Bonchev–Trinajstić information content (AvgIpc) is 2.13. The molecule has 0 aliphatic carbocycles. The predicted molar refractivity (Wildman–Crippen MR) is 39.5 cm³/mol. The van der Waals surface area contributed by atoms with Gasteiger partial charge in [0.05, 0.1) is 0 Å². The summed E-state index contributed by atoms with van der Waals surface area (Å²) < 4.78 is 2.69. The zero-order valence-corrected chi connectivity index (χ0v) is 6.92. The van der Waals surface area contributed by atoms with Gasteiger partial charge in [-0.3, -0.25) is 5.73 Å². The molecular weight excluding hydrogens is 154 g/mol. The highest BCUT2D eigenvalue weighted by Gasteiger charge is 2.06. The summed E-state index contributed by atoms with van der Waals surface area (Å²) in [6.45, 7) is 0. The first-order valence-corrected chi connectivity index (χ1v) is 4.44. The van der Waals surface area contributed by atoms with E-state index in [1.54, 1.807) is 16.4 Å². The van der Waals surface area contributed by atoms with Crippen LogP contribution in [0.3, 0.4) is 0 Å². The Kier molecular flexibility index (Phi) is 1.92. The van der Waals surface area contributed by atoms with Crippen LogP contribution in [0.2, 0.25) is 0 Å². The topological polar surface area (TPSA) is 42.8 Å². The Morgan fingerprint density at radius 1 is 1.78 bits per heavy atom. The van der Waals surface area contributed by atoms with Crippen molar-refractivity contribution in [3.8, 4) is 0 Å². The maximum Gasteiger partial charge on any atom is 0.354 e. The fraction of sp³-hybridized carbons (Fsp3) is 0.500. The highest BCUT2D eigenvalue weighted by atomic mass is 32.2. The van der Waals surface area contributed by atoms with Crippen molar-refractivity contribution in [2.45, 2.75) is 4.34 Å². The maximum absolute atomic E-state index is 5.52. The van der Waals surface area contributed by atoms with E-state index >= 15 is 0 Å². The molecule has 2 N–H and O–H groups in total. The van der Waals surface area contributed by atoms with Crippen LogP contribution in [0, 0.1) is 0 Å². The van der Waals surface area contributed by atoms with E-state index in [1.165, 1.54) is 11.3 Å². The third kappa shape index (κ3) is 1.34. The molecule has 0 aliphatic heterocycles. The molecule has 0 aromatic carbocycles. The molecule has 0 amide bonds. The molecule has 0 atom stereocenters. The Morgan fingerprint density at radius 3 is 2.67 bits per heavy atom. The van der Waals surface area contributed by atoms with Gasteiger partial charge in [-0.25, -0.2) is 0 Å². The second-order valence-electron chi connectivity index (χ2n) is 1.53. The van der Waals surface area contributed by atoms with Gasteiger partial charge < -0.3 is 0 Å². The van der Waals surface area contributed by atoms with E-state index in [9.17, 15) is 0 Å². The third-order valence-corrected chi connectivity index (χ3v) is 2.83. The van der Waals surface area contributed by atoms with Gasteiger partial charge in [-0.05, 0) is 17.6 Å². The monoisotopic (exact) mass is 162 g/mol. The minimum absolute atomic E-state index is 0.749. The van der Waals surface area contributed by atoms with Gasteiger partial charge in [0, 0.05) is 0 Å². The van der Waals surface area contributed by atoms with Crippen LogP contribution in [0.15, 0.2) is 4.34 Å². The number of rotatable bonds is 1. The molecule has 0 spiro atoms. The molecule has 0 fully saturated rings. The first-order valence-electron chi connectivity index (χ1n) is 2.40. The largest absolute Gasteiger partial charge is 0.354 e. The van der Waals surface area contributed by atoms with Crippen LogP contribution in [0.1, 0.15) is 0 Å². The van der Waals surface area contributed by atoms with E-state index in [4.69, 9.17) is 5.73 Å². The second kappa shape index (κ2) is 2.53. The molecule has 1 aromatic rings. The molecule has 0 saturated heterocycles. The molecule has 3 nitrogen and oxygen atoms in total. The molecule has 0 bridgehead atoms. The minimum Gasteiger partial charge on any atom is -0.276 e. The molecule has 1 heterocycles. The molecular formula is C4H8N3S2+. The number of anilines is 1. The molecule has 50 valence electrons. The number of nitrogens with zero attached hydrogens (tertiary/aromatic N) is 2. The lowest BCUT2D eigenvalue weighted by Crippen LogP contribution is -2.32. The van der Waals surface area contributed by atoms with Crippen LogP contribution in [0.4, 0.5) is 5.13 Å². The molecule has 1 rings (SSSR count). The van der Waals surface area contributed by atoms with Gasteiger partial charge in [0.1, 0.15) is 7.05 Å². The number of nitrogen functional groups attached to an aromatic ring is 1. The Balaban J connectivity index is 2.98. The number of aryl methyl sites for hydroxylation is 1. The third-order valence-electron chi connectivity index (χ3n) is 0.917. The number of thioether (sulfide) groups is 1.